The summed E-state index contributed by atoms with van der Waals surface area (Å²) >= 11 is 0. The highest BCUT2D eigenvalue weighted by molar-refractivity contribution is 14.0. The molecule has 0 saturated carbocycles. The van der Waals surface area contributed by atoms with Crippen LogP contribution in [0.2, 0.25) is 0 Å². The molecule has 1 heterocycles. The van der Waals surface area contributed by atoms with E-state index in [1.54, 1.807) is 0 Å². The minimum Gasteiger partial charge on any atom is -0.388 e. The van der Waals surface area contributed by atoms with Crippen LogP contribution >= 0.6 is 24.0 Å². The standard InChI is InChI=1S/C22H38N4O.HI/c1-3-23-22(25-15-13-21(27)20-11-5-4-6-12-20)24-14-7-8-16-26-17-9-10-19(2)18-26;/h4-6,11-12,19,21,27H,3,7-10,13-18H2,1-2H3,(H2,23,24,25);1H. The van der Waals surface area contributed by atoms with Crippen molar-refractivity contribution in [2.45, 2.75) is 52.1 Å². The van der Waals surface area contributed by atoms with Crippen molar-refractivity contribution in [2.24, 2.45) is 10.9 Å². The largest absolute Gasteiger partial charge is 0.388 e. The third kappa shape index (κ3) is 10.1. The Balaban J connectivity index is 0.00000392. The van der Waals surface area contributed by atoms with Gasteiger partial charge in [0.1, 0.15) is 0 Å². The molecule has 2 rings (SSSR count). The van der Waals surface area contributed by atoms with Crippen molar-refractivity contribution in [1.82, 2.24) is 15.5 Å². The number of aliphatic hydroxyl groups is 1. The maximum atomic E-state index is 10.2. The minimum atomic E-state index is -0.437. The Labute approximate surface area is 188 Å². The molecule has 28 heavy (non-hydrogen) atoms. The topological polar surface area (TPSA) is 59.9 Å². The summed E-state index contributed by atoms with van der Waals surface area (Å²) in [6.45, 7) is 10.6. The zero-order chi connectivity index (χ0) is 19.3. The molecule has 3 N–H and O–H groups in total. The number of unbranched alkanes of at least 4 members (excludes halogenated alkanes) is 1. The Morgan fingerprint density at radius 1 is 1.25 bits per heavy atom. The van der Waals surface area contributed by atoms with E-state index in [-0.39, 0.29) is 24.0 Å². The third-order valence-corrected chi connectivity index (χ3v) is 5.13. The molecule has 0 spiro atoms. The van der Waals surface area contributed by atoms with Crippen molar-refractivity contribution in [3.8, 4) is 0 Å². The molecule has 160 valence electrons. The van der Waals surface area contributed by atoms with Crippen LogP contribution in [0.5, 0.6) is 0 Å². The van der Waals surface area contributed by atoms with Gasteiger partial charge in [0, 0.05) is 26.2 Å². The van der Waals surface area contributed by atoms with E-state index < -0.39 is 6.10 Å². The lowest BCUT2D eigenvalue weighted by molar-refractivity contribution is 0.168. The quantitative estimate of drug-likeness (QED) is 0.197. The second-order valence-corrected chi connectivity index (χ2v) is 7.66. The number of benzene rings is 1. The van der Waals surface area contributed by atoms with Gasteiger partial charge in [-0.3, -0.25) is 4.99 Å². The molecule has 1 saturated heterocycles. The van der Waals surface area contributed by atoms with Crippen molar-refractivity contribution in [2.75, 3.05) is 39.3 Å². The third-order valence-electron chi connectivity index (χ3n) is 5.13. The van der Waals surface area contributed by atoms with Crippen LogP contribution < -0.4 is 10.6 Å². The summed E-state index contributed by atoms with van der Waals surface area (Å²) in [4.78, 5) is 7.28. The number of nitrogens with one attached hydrogen (secondary N) is 2. The highest BCUT2D eigenvalue weighted by Gasteiger charge is 2.15. The van der Waals surface area contributed by atoms with Crippen LogP contribution in [0.1, 0.15) is 57.6 Å². The average molecular weight is 502 g/mol. The number of hydrogen-bond donors (Lipinski definition) is 3. The van der Waals surface area contributed by atoms with Crippen LogP contribution in [0.25, 0.3) is 0 Å². The molecule has 2 atom stereocenters. The molecule has 1 fully saturated rings. The van der Waals surface area contributed by atoms with E-state index in [0.29, 0.717) is 13.0 Å². The number of hydrogen-bond acceptors (Lipinski definition) is 3. The smallest absolute Gasteiger partial charge is 0.191 e. The summed E-state index contributed by atoms with van der Waals surface area (Å²) in [5, 5.41) is 16.9. The van der Waals surface area contributed by atoms with Gasteiger partial charge in [0.05, 0.1) is 6.10 Å². The van der Waals surface area contributed by atoms with Gasteiger partial charge in [-0.05, 0) is 63.6 Å². The molecule has 1 aliphatic rings. The highest BCUT2D eigenvalue weighted by atomic mass is 127. The molecule has 0 aromatic heterocycles. The number of aliphatic imine (C=N–C) groups is 1. The molecule has 2 unspecified atom stereocenters. The van der Waals surface area contributed by atoms with E-state index >= 15 is 0 Å². The van der Waals surface area contributed by atoms with Crippen molar-refractivity contribution < 1.29 is 5.11 Å². The molecule has 1 aliphatic heterocycles. The van der Waals surface area contributed by atoms with Gasteiger partial charge in [0.25, 0.3) is 0 Å². The van der Waals surface area contributed by atoms with E-state index in [0.717, 1.165) is 37.0 Å². The Kier molecular flexibility index (Phi) is 13.5. The zero-order valence-electron chi connectivity index (χ0n) is 17.6. The molecule has 0 amide bonds. The van der Waals surface area contributed by atoms with Crippen LogP contribution in [0.15, 0.2) is 35.3 Å². The summed E-state index contributed by atoms with van der Waals surface area (Å²) in [6, 6.07) is 9.82. The number of halogens is 1. The van der Waals surface area contributed by atoms with Crippen LogP contribution in [-0.2, 0) is 0 Å². The Morgan fingerprint density at radius 3 is 2.75 bits per heavy atom. The normalized spacial score (nSPS) is 19.0. The lowest BCUT2D eigenvalue weighted by Crippen LogP contribution is -2.38. The first-order valence-corrected chi connectivity index (χ1v) is 10.7. The lowest BCUT2D eigenvalue weighted by Gasteiger charge is -2.30. The number of likely N-dealkylation sites (tertiary alicyclic amines) is 1. The second-order valence-electron chi connectivity index (χ2n) is 7.66. The fourth-order valence-electron chi connectivity index (χ4n) is 3.64. The van der Waals surface area contributed by atoms with Gasteiger partial charge in [-0.25, -0.2) is 0 Å². The molecular formula is C22H39IN4O. The van der Waals surface area contributed by atoms with Gasteiger partial charge < -0.3 is 20.6 Å². The number of rotatable bonds is 10. The SMILES string of the molecule is CCNC(=NCCCCN1CCCC(C)C1)NCCC(O)c1ccccc1.I. The lowest BCUT2D eigenvalue weighted by atomic mass is 10.0. The fraction of sp³-hybridized carbons (Fsp3) is 0.682. The van der Waals surface area contributed by atoms with E-state index in [2.05, 4.69) is 34.4 Å². The van der Waals surface area contributed by atoms with Crippen molar-refractivity contribution >= 4 is 29.9 Å². The van der Waals surface area contributed by atoms with Crippen LogP contribution in [0, 0.1) is 5.92 Å². The number of guanidine groups is 1. The van der Waals surface area contributed by atoms with Gasteiger partial charge in [-0.1, -0.05) is 37.3 Å². The Morgan fingerprint density at radius 2 is 2.04 bits per heavy atom. The number of aliphatic hydroxyl groups excluding tert-OH is 1. The molecule has 0 radical (unpaired) electrons. The first-order chi connectivity index (χ1) is 13.2. The van der Waals surface area contributed by atoms with Crippen LogP contribution in [-0.4, -0.2) is 55.2 Å². The summed E-state index contributed by atoms with van der Waals surface area (Å²) in [6.07, 6.45) is 5.30. The minimum absolute atomic E-state index is 0. The van der Waals surface area contributed by atoms with Crippen molar-refractivity contribution in [3.63, 3.8) is 0 Å². The van der Waals surface area contributed by atoms with Gasteiger partial charge in [0.15, 0.2) is 5.96 Å². The van der Waals surface area contributed by atoms with Gasteiger partial charge in [-0.2, -0.15) is 0 Å². The van der Waals surface area contributed by atoms with E-state index in [1.165, 1.54) is 38.9 Å². The van der Waals surface area contributed by atoms with E-state index in [9.17, 15) is 5.11 Å². The first kappa shape index (κ1) is 25.2. The summed E-state index contributed by atoms with van der Waals surface area (Å²) < 4.78 is 0. The fourth-order valence-corrected chi connectivity index (χ4v) is 3.64. The predicted molar refractivity (Wildman–Crippen MR) is 129 cm³/mol. The van der Waals surface area contributed by atoms with E-state index in [1.807, 2.05) is 30.3 Å². The summed E-state index contributed by atoms with van der Waals surface area (Å²) in [5.41, 5.74) is 0.966. The molecule has 1 aromatic rings. The number of piperidine rings is 1. The highest BCUT2D eigenvalue weighted by Crippen LogP contribution is 2.16. The predicted octanol–water partition coefficient (Wildman–Crippen LogP) is 3.80. The molecule has 6 heteroatoms. The maximum absolute atomic E-state index is 10.2. The van der Waals surface area contributed by atoms with Crippen molar-refractivity contribution in [1.29, 1.82) is 0 Å². The molecule has 0 bridgehead atoms. The first-order valence-electron chi connectivity index (χ1n) is 10.7. The van der Waals surface area contributed by atoms with Crippen molar-refractivity contribution in [3.05, 3.63) is 35.9 Å². The summed E-state index contributed by atoms with van der Waals surface area (Å²) in [5.74, 6) is 1.71. The monoisotopic (exact) mass is 502 g/mol. The Hall–Kier alpha value is -0.860. The summed E-state index contributed by atoms with van der Waals surface area (Å²) in [7, 11) is 0. The molecule has 0 aliphatic carbocycles. The maximum Gasteiger partial charge on any atom is 0.191 e. The molecular weight excluding hydrogens is 463 g/mol. The van der Waals surface area contributed by atoms with Crippen LogP contribution in [0.3, 0.4) is 0 Å². The second kappa shape index (κ2) is 15.0. The molecule has 5 nitrogen and oxygen atoms in total. The van der Waals surface area contributed by atoms with Crippen LogP contribution in [0.4, 0.5) is 0 Å². The van der Waals surface area contributed by atoms with Gasteiger partial charge >= 0.3 is 0 Å². The van der Waals surface area contributed by atoms with E-state index in [4.69, 9.17) is 0 Å². The molecule has 1 aromatic carbocycles. The Bertz CT molecular complexity index is 541. The van der Waals surface area contributed by atoms with Gasteiger partial charge in [0.2, 0.25) is 0 Å². The van der Waals surface area contributed by atoms with Gasteiger partial charge in [-0.15, -0.1) is 24.0 Å². The zero-order valence-corrected chi connectivity index (χ0v) is 19.9. The average Bonchev–Trinajstić information content (AvgIpc) is 2.68. The number of nitrogens with zero attached hydrogens (tertiary/aromatic N) is 2.